The summed E-state index contributed by atoms with van der Waals surface area (Å²) in [5.74, 6) is -0.548. The lowest BCUT2D eigenvalue weighted by Gasteiger charge is -2.15. The number of fused-ring (bicyclic) bond motifs is 1. The van der Waals surface area contributed by atoms with E-state index in [9.17, 15) is 14.4 Å². The summed E-state index contributed by atoms with van der Waals surface area (Å²) in [6.07, 6.45) is -0.461. The Morgan fingerprint density at radius 1 is 1.40 bits per heavy atom. The Morgan fingerprint density at radius 3 is 2.80 bits per heavy atom. The summed E-state index contributed by atoms with van der Waals surface area (Å²) >= 11 is 1.06. The summed E-state index contributed by atoms with van der Waals surface area (Å²) in [7, 11) is 1.16. The average molecular weight is 365 g/mol. The van der Waals surface area contributed by atoms with E-state index in [0.29, 0.717) is 22.5 Å². The second kappa shape index (κ2) is 8.63. The van der Waals surface area contributed by atoms with E-state index >= 15 is 0 Å². The Labute approximate surface area is 148 Å². The van der Waals surface area contributed by atoms with Gasteiger partial charge in [-0.25, -0.2) is 9.78 Å². The molecule has 2 N–H and O–H groups in total. The van der Waals surface area contributed by atoms with Crippen LogP contribution in [0.25, 0.3) is 10.9 Å². The highest BCUT2D eigenvalue weighted by Crippen LogP contribution is 2.22. The molecule has 0 unspecified atom stereocenters. The molecule has 0 aliphatic heterocycles. The third kappa shape index (κ3) is 4.58. The number of carbonyl (C=O) groups is 2. The molecule has 1 aromatic carbocycles. The monoisotopic (exact) mass is 365 g/mol. The van der Waals surface area contributed by atoms with E-state index in [1.807, 2.05) is 0 Å². The lowest BCUT2D eigenvalue weighted by molar-refractivity contribution is -0.119. The number of nitrogens with one attached hydrogen (secondary N) is 1. The standard InChI is InChI=1S/C16H19N3O5S/c1-10(13(21)18-16(23)24-2)25-15-17-12-7-4-3-6-11(12)14(22)19(15)8-5-9-20/h3-4,6-7,10,20H,5,8-9H2,1-2H3,(H,18,21,23)/t10-/m0/s1. The highest BCUT2D eigenvalue weighted by atomic mass is 32.2. The topological polar surface area (TPSA) is 111 Å². The molecule has 0 radical (unpaired) electrons. The Morgan fingerprint density at radius 2 is 2.12 bits per heavy atom. The molecule has 9 heteroatoms. The molecule has 134 valence electrons. The van der Waals surface area contributed by atoms with E-state index in [-0.39, 0.29) is 18.7 Å². The van der Waals surface area contributed by atoms with E-state index < -0.39 is 17.3 Å². The minimum atomic E-state index is -0.846. The molecule has 25 heavy (non-hydrogen) atoms. The van der Waals surface area contributed by atoms with E-state index in [1.54, 1.807) is 31.2 Å². The van der Waals surface area contributed by atoms with Crippen LogP contribution in [0.1, 0.15) is 13.3 Å². The Hall–Kier alpha value is -2.39. The highest BCUT2D eigenvalue weighted by molar-refractivity contribution is 8.00. The van der Waals surface area contributed by atoms with Gasteiger partial charge in [-0.15, -0.1) is 0 Å². The average Bonchev–Trinajstić information content (AvgIpc) is 2.61. The van der Waals surface area contributed by atoms with E-state index in [4.69, 9.17) is 5.11 Å². The number of rotatable bonds is 6. The molecule has 2 aromatic rings. The number of para-hydroxylation sites is 1. The number of carbonyl (C=O) groups excluding carboxylic acids is 2. The molecule has 0 fully saturated rings. The minimum Gasteiger partial charge on any atom is -0.453 e. The molecular weight excluding hydrogens is 346 g/mol. The zero-order valence-electron chi connectivity index (χ0n) is 13.9. The number of alkyl carbamates (subject to hydrolysis) is 1. The fraction of sp³-hybridized carbons (Fsp3) is 0.375. The van der Waals surface area contributed by atoms with Crippen molar-refractivity contribution in [3.8, 4) is 0 Å². The number of aliphatic hydroxyl groups is 1. The maximum Gasteiger partial charge on any atom is 0.413 e. The van der Waals surface area contributed by atoms with Crippen molar-refractivity contribution in [3.05, 3.63) is 34.6 Å². The number of amides is 2. The number of nitrogens with zero attached hydrogens (tertiary/aromatic N) is 2. The van der Waals surface area contributed by atoms with Crippen LogP contribution < -0.4 is 10.9 Å². The molecule has 0 saturated carbocycles. The number of methoxy groups -OCH3 is 1. The van der Waals surface area contributed by atoms with Crippen LogP contribution in [0.5, 0.6) is 0 Å². The number of imide groups is 1. The summed E-state index contributed by atoms with van der Waals surface area (Å²) in [5.41, 5.74) is 0.290. The summed E-state index contributed by atoms with van der Waals surface area (Å²) in [6, 6.07) is 6.92. The van der Waals surface area contributed by atoms with Gasteiger partial charge in [0, 0.05) is 13.2 Å². The van der Waals surface area contributed by atoms with Crippen molar-refractivity contribution in [2.24, 2.45) is 0 Å². The van der Waals surface area contributed by atoms with Gasteiger partial charge in [0.25, 0.3) is 5.56 Å². The second-order valence-corrected chi connectivity index (χ2v) is 6.49. The van der Waals surface area contributed by atoms with E-state index in [1.165, 1.54) is 4.57 Å². The molecule has 0 aliphatic rings. The maximum absolute atomic E-state index is 12.7. The van der Waals surface area contributed by atoms with Crippen LogP contribution in [0.2, 0.25) is 0 Å². The summed E-state index contributed by atoms with van der Waals surface area (Å²) < 4.78 is 5.83. The van der Waals surface area contributed by atoms with Crippen LogP contribution in [-0.4, -0.2) is 45.6 Å². The van der Waals surface area contributed by atoms with Crippen LogP contribution >= 0.6 is 11.8 Å². The van der Waals surface area contributed by atoms with Gasteiger partial charge in [0.1, 0.15) is 0 Å². The van der Waals surface area contributed by atoms with Crippen LogP contribution in [0, 0.1) is 0 Å². The number of thioether (sulfide) groups is 1. The van der Waals surface area contributed by atoms with Crippen molar-refractivity contribution in [1.29, 1.82) is 0 Å². The predicted molar refractivity (Wildman–Crippen MR) is 93.6 cm³/mol. The first-order chi connectivity index (χ1) is 12.0. The maximum atomic E-state index is 12.7. The van der Waals surface area contributed by atoms with Crippen molar-refractivity contribution in [3.63, 3.8) is 0 Å². The summed E-state index contributed by atoms with van der Waals surface area (Å²) in [5, 5.41) is 11.3. The zero-order chi connectivity index (χ0) is 18.4. The van der Waals surface area contributed by atoms with E-state index in [2.05, 4.69) is 15.0 Å². The fourth-order valence-electron chi connectivity index (χ4n) is 2.13. The number of benzene rings is 1. The zero-order valence-corrected chi connectivity index (χ0v) is 14.7. The first kappa shape index (κ1) is 18.9. The highest BCUT2D eigenvalue weighted by Gasteiger charge is 2.21. The van der Waals surface area contributed by atoms with Crippen molar-refractivity contribution >= 4 is 34.7 Å². The minimum absolute atomic E-state index is 0.0677. The van der Waals surface area contributed by atoms with Crippen LogP contribution in [0.15, 0.2) is 34.2 Å². The van der Waals surface area contributed by atoms with Gasteiger partial charge in [0.2, 0.25) is 5.91 Å². The normalized spacial score (nSPS) is 12.0. The molecule has 2 rings (SSSR count). The molecule has 8 nitrogen and oxygen atoms in total. The van der Waals surface area contributed by atoms with Crippen LogP contribution in [0.3, 0.4) is 0 Å². The predicted octanol–water partition coefficient (Wildman–Crippen LogP) is 1.14. The first-order valence-electron chi connectivity index (χ1n) is 7.63. The first-order valence-corrected chi connectivity index (χ1v) is 8.51. The molecule has 0 aliphatic carbocycles. The van der Waals surface area contributed by atoms with Gasteiger partial charge in [-0.1, -0.05) is 23.9 Å². The largest absolute Gasteiger partial charge is 0.453 e. The third-order valence-corrected chi connectivity index (χ3v) is 4.52. The van der Waals surface area contributed by atoms with E-state index in [0.717, 1.165) is 18.9 Å². The third-order valence-electron chi connectivity index (χ3n) is 3.43. The van der Waals surface area contributed by atoms with Gasteiger partial charge in [-0.3, -0.25) is 19.5 Å². The molecule has 1 aromatic heterocycles. The molecule has 1 heterocycles. The summed E-state index contributed by atoms with van der Waals surface area (Å²) in [6.45, 7) is 1.81. The SMILES string of the molecule is COC(=O)NC(=O)[C@H](C)Sc1nc2ccccc2c(=O)n1CCCO. The quantitative estimate of drug-likeness (QED) is 0.583. The van der Waals surface area contributed by atoms with Crippen molar-refractivity contribution in [2.75, 3.05) is 13.7 Å². The summed E-state index contributed by atoms with van der Waals surface area (Å²) in [4.78, 5) is 40.3. The molecule has 0 bridgehead atoms. The number of aromatic nitrogens is 2. The van der Waals surface area contributed by atoms with Gasteiger partial charge < -0.3 is 9.84 Å². The number of ether oxygens (including phenoxy) is 1. The van der Waals surface area contributed by atoms with Gasteiger partial charge in [0.05, 0.1) is 23.3 Å². The second-order valence-electron chi connectivity index (χ2n) is 5.19. The van der Waals surface area contributed by atoms with Crippen LogP contribution in [0.4, 0.5) is 4.79 Å². The number of aliphatic hydroxyl groups excluding tert-OH is 1. The molecule has 0 saturated heterocycles. The van der Waals surface area contributed by atoms with Crippen molar-refractivity contribution in [2.45, 2.75) is 30.3 Å². The lowest BCUT2D eigenvalue weighted by atomic mass is 10.2. The van der Waals surface area contributed by atoms with Gasteiger partial charge in [0.15, 0.2) is 5.16 Å². The molecule has 2 amide bonds. The van der Waals surface area contributed by atoms with Gasteiger partial charge >= 0.3 is 6.09 Å². The molecular formula is C16H19N3O5S. The Bertz CT molecular complexity index is 836. The van der Waals surface area contributed by atoms with Gasteiger partial charge in [-0.05, 0) is 25.5 Å². The molecule has 0 spiro atoms. The van der Waals surface area contributed by atoms with Crippen molar-refractivity contribution in [1.82, 2.24) is 14.9 Å². The number of hydrogen-bond donors (Lipinski definition) is 2. The van der Waals surface area contributed by atoms with Crippen LogP contribution in [-0.2, 0) is 16.1 Å². The Balaban J connectivity index is 2.36. The Kier molecular flexibility index (Phi) is 6.54. The molecule has 1 atom stereocenters. The smallest absolute Gasteiger partial charge is 0.413 e. The lowest BCUT2D eigenvalue weighted by Crippen LogP contribution is -2.36. The number of hydrogen-bond acceptors (Lipinski definition) is 7. The van der Waals surface area contributed by atoms with Gasteiger partial charge in [-0.2, -0.15) is 0 Å². The van der Waals surface area contributed by atoms with Crippen molar-refractivity contribution < 1.29 is 19.4 Å². The fourth-order valence-corrected chi connectivity index (χ4v) is 3.06.